The lowest BCUT2D eigenvalue weighted by molar-refractivity contribution is -0.0167. The molecule has 0 spiro atoms. The molecule has 27 heavy (non-hydrogen) atoms. The molecule has 0 aliphatic rings. The number of carbonyl (C=O) groups is 2. The highest BCUT2D eigenvalue weighted by Gasteiger charge is 2.36. The SMILES string of the molecule is Cc1ccc(C(=O)N(C#N)N(C(=O)c2cc(Cl)cc(Cl)c2)C(C)(C)C)cc1. The first-order chi connectivity index (χ1) is 12.5. The molecule has 0 aromatic heterocycles. The van der Waals surface area contributed by atoms with Crippen LogP contribution in [0.3, 0.4) is 0 Å². The molecule has 0 N–H and O–H groups in total. The van der Waals surface area contributed by atoms with Gasteiger partial charge in [0.1, 0.15) is 0 Å². The standard InChI is InChI=1S/C20H19Cl2N3O2/c1-13-5-7-14(8-6-13)18(26)24(12-23)25(20(2,3)4)19(27)15-9-16(21)11-17(22)10-15/h5-11H,1-4H3. The molecule has 0 saturated heterocycles. The van der Waals surface area contributed by atoms with Crippen LogP contribution in [0, 0.1) is 18.4 Å². The third kappa shape index (κ3) is 4.79. The molecule has 5 nitrogen and oxygen atoms in total. The average molecular weight is 404 g/mol. The molecule has 2 amide bonds. The second kappa shape index (κ2) is 7.99. The number of rotatable bonds is 2. The molecule has 2 aromatic carbocycles. The summed E-state index contributed by atoms with van der Waals surface area (Å²) in [6, 6.07) is 11.2. The van der Waals surface area contributed by atoms with E-state index in [1.807, 2.05) is 13.1 Å². The van der Waals surface area contributed by atoms with E-state index in [2.05, 4.69) is 0 Å². The summed E-state index contributed by atoms with van der Waals surface area (Å²) in [5.74, 6) is -1.16. The lowest BCUT2D eigenvalue weighted by Crippen LogP contribution is -2.56. The van der Waals surface area contributed by atoms with Crippen LogP contribution < -0.4 is 0 Å². The van der Waals surface area contributed by atoms with E-state index >= 15 is 0 Å². The van der Waals surface area contributed by atoms with Crippen molar-refractivity contribution in [3.05, 3.63) is 69.2 Å². The van der Waals surface area contributed by atoms with Crippen molar-refractivity contribution in [2.45, 2.75) is 33.2 Å². The molecule has 0 bridgehead atoms. The zero-order valence-electron chi connectivity index (χ0n) is 15.5. The van der Waals surface area contributed by atoms with Gasteiger partial charge in [0.05, 0.1) is 5.54 Å². The van der Waals surface area contributed by atoms with Crippen LogP contribution in [0.1, 0.15) is 47.1 Å². The van der Waals surface area contributed by atoms with Crippen molar-refractivity contribution >= 4 is 35.0 Å². The van der Waals surface area contributed by atoms with Gasteiger partial charge in [0.25, 0.3) is 11.8 Å². The van der Waals surface area contributed by atoms with Gasteiger partial charge in [-0.1, -0.05) is 40.9 Å². The number of hydrazine groups is 1. The van der Waals surface area contributed by atoms with Crippen LogP contribution in [0.2, 0.25) is 10.0 Å². The summed E-state index contributed by atoms with van der Waals surface area (Å²) in [6.07, 6.45) is 1.82. The van der Waals surface area contributed by atoms with E-state index < -0.39 is 17.4 Å². The van der Waals surface area contributed by atoms with Gasteiger partial charge in [-0.3, -0.25) is 9.59 Å². The second-order valence-electron chi connectivity index (χ2n) is 7.03. The molecule has 0 unspecified atom stereocenters. The largest absolute Gasteiger partial charge is 0.286 e. The molecule has 0 radical (unpaired) electrons. The number of nitriles is 1. The van der Waals surface area contributed by atoms with Crippen molar-refractivity contribution < 1.29 is 9.59 Å². The molecule has 7 heteroatoms. The summed E-state index contributed by atoms with van der Waals surface area (Å²) >= 11 is 12.0. The number of benzene rings is 2. The molecule has 0 aliphatic carbocycles. The molecular formula is C20H19Cl2N3O2. The minimum Gasteiger partial charge on any atom is -0.267 e. The van der Waals surface area contributed by atoms with E-state index in [-0.39, 0.29) is 15.6 Å². The number of nitrogens with zero attached hydrogens (tertiary/aromatic N) is 3. The fourth-order valence-electron chi connectivity index (χ4n) is 2.49. The topological polar surface area (TPSA) is 64.4 Å². The lowest BCUT2D eigenvalue weighted by atomic mass is 10.1. The summed E-state index contributed by atoms with van der Waals surface area (Å²) in [5, 5.41) is 12.1. The molecule has 0 fully saturated rings. The van der Waals surface area contributed by atoms with Gasteiger partial charge < -0.3 is 0 Å². The highest BCUT2D eigenvalue weighted by Crippen LogP contribution is 2.25. The first kappa shape index (κ1) is 20.8. The summed E-state index contributed by atoms with van der Waals surface area (Å²) < 4.78 is 0. The van der Waals surface area contributed by atoms with Crippen LogP contribution in [0.25, 0.3) is 0 Å². The van der Waals surface area contributed by atoms with Gasteiger partial charge in [0, 0.05) is 21.2 Å². The van der Waals surface area contributed by atoms with E-state index in [4.69, 9.17) is 23.2 Å². The third-order valence-corrected chi connectivity index (χ3v) is 4.16. The fourth-order valence-corrected chi connectivity index (χ4v) is 3.02. The Labute approximate surface area is 168 Å². The first-order valence-electron chi connectivity index (χ1n) is 8.16. The summed E-state index contributed by atoms with van der Waals surface area (Å²) in [6.45, 7) is 7.07. The van der Waals surface area contributed by atoms with E-state index in [1.165, 1.54) is 18.2 Å². The van der Waals surface area contributed by atoms with Crippen LogP contribution in [0.15, 0.2) is 42.5 Å². The average Bonchev–Trinajstić information content (AvgIpc) is 2.57. The molecular weight excluding hydrogens is 385 g/mol. The molecule has 0 heterocycles. The monoisotopic (exact) mass is 403 g/mol. The maximum Gasteiger partial charge on any atom is 0.286 e. The Hall–Kier alpha value is -2.55. The van der Waals surface area contributed by atoms with Crippen molar-refractivity contribution in [1.29, 1.82) is 5.26 Å². The number of aryl methyl sites for hydroxylation is 1. The van der Waals surface area contributed by atoms with Crippen LogP contribution in [-0.2, 0) is 0 Å². The molecule has 140 valence electrons. The number of carbonyl (C=O) groups excluding carboxylic acids is 2. The predicted octanol–water partition coefficient (Wildman–Crippen LogP) is 5.08. The van der Waals surface area contributed by atoms with E-state index in [1.54, 1.807) is 45.0 Å². The predicted molar refractivity (Wildman–Crippen MR) is 105 cm³/mol. The smallest absolute Gasteiger partial charge is 0.267 e. The van der Waals surface area contributed by atoms with Crippen LogP contribution in [0.5, 0.6) is 0 Å². The normalized spacial score (nSPS) is 10.9. The second-order valence-corrected chi connectivity index (χ2v) is 7.90. The van der Waals surface area contributed by atoms with Gasteiger partial charge in [-0.15, -0.1) is 5.01 Å². The zero-order valence-corrected chi connectivity index (χ0v) is 17.0. The Kier molecular flexibility index (Phi) is 6.15. The summed E-state index contributed by atoms with van der Waals surface area (Å²) in [5.41, 5.74) is 0.599. The Bertz CT molecular complexity index is 892. The van der Waals surface area contributed by atoms with Crippen molar-refractivity contribution in [2.24, 2.45) is 0 Å². The van der Waals surface area contributed by atoms with E-state index in [0.717, 1.165) is 15.6 Å². The highest BCUT2D eigenvalue weighted by molar-refractivity contribution is 6.35. The van der Waals surface area contributed by atoms with Gasteiger partial charge >= 0.3 is 0 Å². The minimum absolute atomic E-state index is 0.180. The van der Waals surface area contributed by atoms with Gasteiger partial charge in [0.15, 0.2) is 0 Å². The Morgan fingerprint density at radius 2 is 1.44 bits per heavy atom. The van der Waals surface area contributed by atoms with Crippen LogP contribution in [0.4, 0.5) is 0 Å². The van der Waals surface area contributed by atoms with Crippen LogP contribution >= 0.6 is 23.2 Å². The van der Waals surface area contributed by atoms with Crippen molar-refractivity contribution in [3.8, 4) is 6.19 Å². The summed E-state index contributed by atoms with van der Waals surface area (Å²) in [7, 11) is 0. The Balaban J connectivity index is 2.50. The summed E-state index contributed by atoms with van der Waals surface area (Å²) in [4.78, 5) is 26.1. The maximum absolute atomic E-state index is 13.1. The highest BCUT2D eigenvalue weighted by atomic mass is 35.5. The van der Waals surface area contributed by atoms with Gasteiger partial charge in [-0.25, -0.2) is 5.01 Å². The fraction of sp³-hybridized carbons (Fsp3) is 0.250. The van der Waals surface area contributed by atoms with Crippen molar-refractivity contribution in [3.63, 3.8) is 0 Å². The number of halogens is 2. The molecule has 0 atom stereocenters. The maximum atomic E-state index is 13.1. The Morgan fingerprint density at radius 1 is 0.926 bits per heavy atom. The number of hydrogen-bond donors (Lipinski definition) is 0. The molecule has 0 saturated carbocycles. The number of amides is 2. The van der Waals surface area contributed by atoms with E-state index in [0.29, 0.717) is 5.56 Å². The van der Waals surface area contributed by atoms with Gasteiger partial charge in [0.2, 0.25) is 6.19 Å². The third-order valence-electron chi connectivity index (χ3n) is 3.72. The quantitative estimate of drug-likeness (QED) is 0.398. The lowest BCUT2D eigenvalue weighted by Gasteiger charge is -2.39. The first-order valence-corrected chi connectivity index (χ1v) is 8.91. The molecule has 0 aliphatic heterocycles. The van der Waals surface area contributed by atoms with Gasteiger partial charge in [-0.05, 0) is 58.0 Å². The minimum atomic E-state index is -0.859. The van der Waals surface area contributed by atoms with Gasteiger partial charge in [-0.2, -0.15) is 5.26 Å². The van der Waals surface area contributed by atoms with Crippen molar-refractivity contribution in [1.82, 2.24) is 10.0 Å². The number of hydrogen-bond acceptors (Lipinski definition) is 3. The Morgan fingerprint density at radius 3 is 1.89 bits per heavy atom. The van der Waals surface area contributed by atoms with Crippen molar-refractivity contribution in [2.75, 3.05) is 0 Å². The molecule has 2 rings (SSSR count). The van der Waals surface area contributed by atoms with Crippen LogP contribution in [-0.4, -0.2) is 27.4 Å². The zero-order chi connectivity index (χ0) is 20.4. The van der Waals surface area contributed by atoms with E-state index in [9.17, 15) is 14.9 Å². The molecule has 2 aromatic rings.